The van der Waals surface area contributed by atoms with E-state index in [1.165, 1.54) is 0 Å². The number of halogens is 1. The maximum atomic E-state index is 12.3. The molecule has 0 aromatic heterocycles. The Bertz CT molecular complexity index is 674. The molecule has 2 N–H and O–H groups in total. The fourth-order valence-corrected chi connectivity index (χ4v) is 2.14. The lowest BCUT2D eigenvalue weighted by molar-refractivity contribution is 0.0974. The van der Waals surface area contributed by atoms with Crippen molar-refractivity contribution < 1.29 is 9.53 Å². The van der Waals surface area contributed by atoms with Gasteiger partial charge in [-0.1, -0.05) is 23.7 Å². The van der Waals surface area contributed by atoms with Crippen molar-refractivity contribution in [1.29, 1.82) is 0 Å². The Kier molecular flexibility index (Phi) is 5.75. The predicted octanol–water partition coefficient (Wildman–Crippen LogP) is 3.87. The first-order chi connectivity index (χ1) is 10.6. The van der Waals surface area contributed by atoms with Gasteiger partial charge in [0.05, 0.1) is 12.2 Å². The number of hydrogen-bond donors (Lipinski definition) is 2. The summed E-state index contributed by atoms with van der Waals surface area (Å²) in [4.78, 5) is 12.3. The lowest BCUT2D eigenvalue weighted by Crippen LogP contribution is -2.34. The van der Waals surface area contributed by atoms with Gasteiger partial charge in [0.1, 0.15) is 5.75 Å². The average molecular weight is 335 g/mol. The lowest BCUT2D eigenvalue weighted by atomic mass is 10.2. The maximum absolute atomic E-state index is 12.3. The lowest BCUT2D eigenvalue weighted by Gasteiger charge is -2.12. The number of amides is 1. The Morgan fingerprint density at radius 1 is 1.18 bits per heavy atom. The van der Waals surface area contributed by atoms with Crippen LogP contribution in [0.2, 0.25) is 5.02 Å². The van der Waals surface area contributed by atoms with Crippen molar-refractivity contribution in [3.8, 4) is 5.75 Å². The quantitative estimate of drug-likeness (QED) is 0.833. The molecule has 0 aliphatic carbocycles. The number of benzene rings is 2. The third-order valence-corrected chi connectivity index (χ3v) is 3.22. The van der Waals surface area contributed by atoms with Crippen LogP contribution in [0.3, 0.4) is 0 Å². The highest BCUT2D eigenvalue weighted by Crippen LogP contribution is 2.18. The highest BCUT2D eigenvalue weighted by atomic mass is 35.5. The highest BCUT2D eigenvalue weighted by Gasteiger charge is 2.13. The first-order valence-electron chi connectivity index (χ1n) is 6.70. The summed E-state index contributed by atoms with van der Waals surface area (Å²) in [6, 6.07) is 14.0. The van der Waals surface area contributed by atoms with Gasteiger partial charge in [-0.3, -0.25) is 10.1 Å². The zero-order valence-electron chi connectivity index (χ0n) is 11.9. The van der Waals surface area contributed by atoms with E-state index < -0.39 is 0 Å². The molecule has 0 heterocycles. The van der Waals surface area contributed by atoms with E-state index in [1.807, 2.05) is 13.0 Å². The van der Waals surface area contributed by atoms with Crippen LogP contribution in [-0.4, -0.2) is 17.6 Å². The molecule has 0 fully saturated rings. The Balaban J connectivity index is 2.02. The van der Waals surface area contributed by atoms with Gasteiger partial charge in [-0.05, 0) is 55.5 Å². The summed E-state index contributed by atoms with van der Waals surface area (Å²) in [5.74, 6) is 0.201. The van der Waals surface area contributed by atoms with Gasteiger partial charge in [0.25, 0.3) is 5.91 Å². The van der Waals surface area contributed by atoms with Crippen molar-refractivity contribution in [1.82, 2.24) is 5.32 Å². The second-order valence-electron chi connectivity index (χ2n) is 4.34. The van der Waals surface area contributed by atoms with E-state index in [0.717, 1.165) is 5.69 Å². The van der Waals surface area contributed by atoms with E-state index in [0.29, 0.717) is 22.9 Å². The summed E-state index contributed by atoms with van der Waals surface area (Å²) < 4.78 is 5.43. The first-order valence-corrected chi connectivity index (χ1v) is 7.48. The zero-order valence-corrected chi connectivity index (χ0v) is 13.5. The van der Waals surface area contributed by atoms with E-state index in [1.54, 1.807) is 42.5 Å². The second-order valence-corrected chi connectivity index (χ2v) is 5.19. The molecule has 0 bridgehead atoms. The van der Waals surface area contributed by atoms with E-state index >= 15 is 0 Å². The molecule has 2 rings (SSSR count). The van der Waals surface area contributed by atoms with Crippen LogP contribution in [0.25, 0.3) is 0 Å². The molecule has 6 heteroatoms. The SMILES string of the molecule is CCOc1ccccc1C(=O)NC(=S)Nc1ccc(Cl)cc1. The van der Waals surface area contributed by atoms with Crippen molar-refractivity contribution >= 4 is 40.5 Å². The molecule has 4 nitrogen and oxygen atoms in total. The van der Waals surface area contributed by atoms with E-state index in [2.05, 4.69) is 10.6 Å². The normalized spacial score (nSPS) is 9.91. The average Bonchev–Trinajstić information content (AvgIpc) is 2.50. The van der Waals surface area contributed by atoms with E-state index in [-0.39, 0.29) is 11.0 Å². The Labute approximate surface area is 139 Å². The van der Waals surface area contributed by atoms with Crippen LogP contribution < -0.4 is 15.4 Å². The molecule has 0 unspecified atom stereocenters. The van der Waals surface area contributed by atoms with Gasteiger partial charge < -0.3 is 10.1 Å². The number of para-hydroxylation sites is 1. The van der Waals surface area contributed by atoms with E-state index in [4.69, 9.17) is 28.6 Å². The third kappa shape index (κ3) is 4.44. The molecule has 1 amide bonds. The highest BCUT2D eigenvalue weighted by molar-refractivity contribution is 7.80. The van der Waals surface area contributed by atoms with Crippen LogP contribution in [0.1, 0.15) is 17.3 Å². The summed E-state index contributed by atoms with van der Waals surface area (Å²) >= 11 is 11.0. The van der Waals surface area contributed by atoms with Gasteiger partial charge >= 0.3 is 0 Å². The van der Waals surface area contributed by atoms with Gasteiger partial charge in [0.2, 0.25) is 0 Å². The minimum absolute atomic E-state index is 0.207. The summed E-state index contributed by atoms with van der Waals surface area (Å²) in [5.41, 5.74) is 1.18. The first kappa shape index (κ1) is 16.3. The molecule has 2 aromatic carbocycles. The number of hydrogen-bond acceptors (Lipinski definition) is 3. The maximum Gasteiger partial charge on any atom is 0.261 e. The molecule has 0 aliphatic rings. The summed E-state index contributed by atoms with van der Waals surface area (Å²) in [5, 5.41) is 6.39. The van der Waals surface area contributed by atoms with Gasteiger partial charge in [-0.15, -0.1) is 0 Å². The van der Waals surface area contributed by atoms with Crippen molar-refractivity contribution in [2.75, 3.05) is 11.9 Å². The van der Waals surface area contributed by atoms with Gasteiger partial charge in [0, 0.05) is 10.7 Å². The van der Waals surface area contributed by atoms with Crippen molar-refractivity contribution in [2.24, 2.45) is 0 Å². The van der Waals surface area contributed by atoms with E-state index in [9.17, 15) is 4.79 Å². The van der Waals surface area contributed by atoms with Crippen LogP contribution in [0, 0.1) is 0 Å². The standard InChI is InChI=1S/C16H15ClN2O2S/c1-2-21-14-6-4-3-5-13(14)15(20)19-16(22)18-12-9-7-11(17)8-10-12/h3-10H,2H2,1H3,(H2,18,19,20,22). The Morgan fingerprint density at radius 2 is 1.86 bits per heavy atom. The fraction of sp³-hybridized carbons (Fsp3) is 0.125. The fourth-order valence-electron chi connectivity index (χ4n) is 1.80. The van der Waals surface area contributed by atoms with Crippen LogP contribution in [0.15, 0.2) is 48.5 Å². The molecule has 0 saturated heterocycles. The molecular formula is C16H15ClN2O2S. The number of carbonyl (C=O) groups is 1. The second kappa shape index (κ2) is 7.77. The van der Waals surface area contributed by atoms with Crippen LogP contribution >= 0.6 is 23.8 Å². The number of thiocarbonyl (C=S) groups is 1. The largest absolute Gasteiger partial charge is 0.493 e. The number of rotatable bonds is 4. The van der Waals surface area contributed by atoms with Crippen molar-refractivity contribution in [2.45, 2.75) is 6.92 Å². The van der Waals surface area contributed by atoms with Gasteiger partial charge in [-0.2, -0.15) is 0 Å². The topological polar surface area (TPSA) is 50.4 Å². The molecule has 114 valence electrons. The summed E-state index contributed by atoms with van der Waals surface area (Å²) in [7, 11) is 0. The molecule has 22 heavy (non-hydrogen) atoms. The van der Waals surface area contributed by atoms with Crippen LogP contribution in [-0.2, 0) is 0 Å². The molecule has 0 saturated carbocycles. The van der Waals surface area contributed by atoms with Crippen molar-refractivity contribution in [3.05, 3.63) is 59.1 Å². The predicted molar refractivity (Wildman–Crippen MR) is 92.7 cm³/mol. The summed E-state index contributed by atoms with van der Waals surface area (Å²) in [6.07, 6.45) is 0. The molecule has 0 radical (unpaired) electrons. The molecule has 0 spiro atoms. The molecular weight excluding hydrogens is 320 g/mol. The zero-order chi connectivity index (χ0) is 15.9. The molecule has 0 aliphatic heterocycles. The minimum Gasteiger partial charge on any atom is -0.493 e. The third-order valence-electron chi connectivity index (χ3n) is 2.76. The molecule has 0 atom stereocenters. The van der Waals surface area contributed by atoms with Crippen LogP contribution in [0.5, 0.6) is 5.75 Å². The minimum atomic E-state index is -0.324. The van der Waals surface area contributed by atoms with Crippen molar-refractivity contribution in [3.63, 3.8) is 0 Å². The monoisotopic (exact) mass is 334 g/mol. The summed E-state index contributed by atoms with van der Waals surface area (Å²) in [6.45, 7) is 2.35. The van der Waals surface area contributed by atoms with Gasteiger partial charge in [-0.25, -0.2) is 0 Å². The Hall–Kier alpha value is -2.11. The molecule has 2 aromatic rings. The number of ether oxygens (including phenoxy) is 1. The number of anilines is 1. The Morgan fingerprint density at radius 3 is 2.55 bits per heavy atom. The van der Waals surface area contributed by atoms with Gasteiger partial charge in [0.15, 0.2) is 5.11 Å². The number of carbonyl (C=O) groups excluding carboxylic acids is 1. The smallest absolute Gasteiger partial charge is 0.261 e. The number of nitrogens with one attached hydrogen (secondary N) is 2. The van der Waals surface area contributed by atoms with Crippen LogP contribution in [0.4, 0.5) is 5.69 Å².